The number of benzene rings is 1. The van der Waals surface area contributed by atoms with Crippen molar-refractivity contribution in [3.63, 3.8) is 0 Å². The lowest BCUT2D eigenvalue weighted by Crippen LogP contribution is -2.07. The van der Waals surface area contributed by atoms with Gasteiger partial charge in [-0.2, -0.15) is 0 Å². The second kappa shape index (κ2) is 4.56. The Morgan fingerprint density at radius 2 is 2.00 bits per heavy atom. The van der Waals surface area contributed by atoms with E-state index in [1.54, 1.807) is 6.20 Å². The highest BCUT2D eigenvalue weighted by molar-refractivity contribution is 9.10. The van der Waals surface area contributed by atoms with Gasteiger partial charge in [-0.15, -0.1) is 0 Å². The number of hydrogen-bond acceptors (Lipinski definition) is 4. The minimum absolute atomic E-state index is 0.230. The molecule has 1 aromatic carbocycles. The normalized spacial score (nSPS) is 14.4. The Labute approximate surface area is 119 Å². The van der Waals surface area contributed by atoms with E-state index in [0.29, 0.717) is 5.56 Å². The molecule has 4 nitrogen and oxygen atoms in total. The van der Waals surface area contributed by atoms with E-state index in [0.717, 1.165) is 28.4 Å². The molecule has 0 amide bonds. The van der Waals surface area contributed by atoms with Gasteiger partial charge in [-0.1, -0.05) is 5.16 Å². The number of anilines is 1. The Balaban J connectivity index is 2.32. The summed E-state index contributed by atoms with van der Waals surface area (Å²) in [6.07, 6.45) is 5.95. The van der Waals surface area contributed by atoms with Crippen LogP contribution in [0.2, 0.25) is 0 Å². The molecule has 0 saturated carbocycles. The van der Waals surface area contributed by atoms with Gasteiger partial charge in [0.05, 0.1) is 16.2 Å². The van der Waals surface area contributed by atoms with Crippen molar-refractivity contribution < 1.29 is 9.63 Å². The van der Waals surface area contributed by atoms with Gasteiger partial charge in [-0.05, 0) is 65.2 Å². The van der Waals surface area contributed by atoms with Gasteiger partial charge in [0.15, 0.2) is 0 Å². The van der Waals surface area contributed by atoms with Crippen LogP contribution in [0.25, 0.3) is 11.1 Å². The van der Waals surface area contributed by atoms with Gasteiger partial charge in [-0.3, -0.25) is 0 Å². The molecule has 0 radical (unpaired) electrons. The monoisotopic (exact) mass is 322 g/mol. The quantitative estimate of drug-likeness (QED) is 0.841. The molecule has 19 heavy (non-hydrogen) atoms. The standard InChI is InChI=1S/C14H15BrN2O2/c1-7-8-4-2-3-5-9(8)12(15)13(18)11(7)10-6-17-19-14(10)16/h6,18H,2-5,16H2,1H3. The molecule has 1 aromatic heterocycles. The van der Waals surface area contributed by atoms with Crippen LogP contribution in [0, 0.1) is 6.92 Å². The van der Waals surface area contributed by atoms with E-state index in [9.17, 15) is 5.11 Å². The SMILES string of the molecule is Cc1c2c(c(Br)c(O)c1-c1cnoc1N)CCCC2. The zero-order chi connectivity index (χ0) is 13.6. The molecular weight excluding hydrogens is 308 g/mol. The first-order chi connectivity index (χ1) is 9.11. The summed E-state index contributed by atoms with van der Waals surface area (Å²) in [7, 11) is 0. The maximum absolute atomic E-state index is 10.5. The van der Waals surface area contributed by atoms with Gasteiger partial charge in [0.1, 0.15) is 5.75 Å². The molecule has 1 heterocycles. The number of rotatable bonds is 1. The van der Waals surface area contributed by atoms with Crippen LogP contribution in [0.4, 0.5) is 5.88 Å². The van der Waals surface area contributed by atoms with E-state index in [4.69, 9.17) is 10.3 Å². The zero-order valence-corrected chi connectivity index (χ0v) is 12.2. The number of halogens is 1. The van der Waals surface area contributed by atoms with Crippen LogP contribution in [-0.2, 0) is 12.8 Å². The molecule has 3 N–H and O–H groups in total. The molecule has 100 valence electrons. The first kappa shape index (κ1) is 12.5. The molecule has 0 unspecified atom stereocenters. The highest BCUT2D eigenvalue weighted by Crippen LogP contribution is 2.46. The van der Waals surface area contributed by atoms with Crippen LogP contribution < -0.4 is 5.73 Å². The zero-order valence-electron chi connectivity index (χ0n) is 10.7. The van der Waals surface area contributed by atoms with E-state index in [2.05, 4.69) is 21.1 Å². The minimum Gasteiger partial charge on any atom is -0.506 e. The molecule has 3 rings (SSSR count). The Kier molecular flexibility index (Phi) is 3.01. The van der Waals surface area contributed by atoms with E-state index in [1.807, 2.05) is 6.92 Å². The summed E-state index contributed by atoms with van der Waals surface area (Å²) in [4.78, 5) is 0. The fourth-order valence-electron chi connectivity index (χ4n) is 2.91. The predicted molar refractivity (Wildman–Crippen MR) is 77.1 cm³/mol. The molecule has 1 aliphatic rings. The van der Waals surface area contributed by atoms with Gasteiger partial charge in [-0.25, -0.2) is 0 Å². The fraction of sp³-hybridized carbons (Fsp3) is 0.357. The van der Waals surface area contributed by atoms with Gasteiger partial charge >= 0.3 is 0 Å². The van der Waals surface area contributed by atoms with Gasteiger partial charge in [0.25, 0.3) is 0 Å². The summed E-state index contributed by atoms with van der Waals surface area (Å²) in [5, 5.41) is 14.2. The van der Waals surface area contributed by atoms with E-state index in [-0.39, 0.29) is 11.6 Å². The third-order valence-electron chi connectivity index (χ3n) is 3.87. The third kappa shape index (κ3) is 1.84. The summed E-state index contributed by atoms with van der Waals surface area (Å²) in [6.45, 7) is 2.03. The van der Waals surface area contributed by atoms with Crippen LogP contribution in [0.1, 0.15) is 29.5 Å². The number of fused-ring (bicyclic) bond motifs is 1. The number of nitrogens with zero attached hydrogens (tertiary/aromatic N) is 1. The van der Waals surface area contributed by atoms with Crippen LogP contribution in [-0.4, -0.2) is 10.3 Å². The number of hydrogen-bond donors (Lipinski definition) is 2. The van der Waals surface area contributed by atoms with E-state index >= 15 is 0 Å². The van der Waals surface area contributed by atoms with Crippen molar-refractivity contribution in [2.45, 2.75) is 32.6 Å². The highest BCUT2D eigenvalue weighted by Gasteiger charge is 2.24. The van der Waals surface area contributed by atoms with Crippen molar-refractivity contribution in [2.24, 2.45) is 0 Å². The fourth-order valence-corrected chi connectivity index (χ4v) is 3.54. The first-order valence-corrected chi connectivity index (χ1v) is 7.13. The number of phenols is 1. The summed E-state index contributed by atoms with van der Waals surface area (Å²) in [5.74, 6) is 0.467. The molecular formula is C14H15BrN2O2. The largest absolute Gasteiger partial charge is 0.506 e. The smallest absolute Gasteiger partial charge is 0.230 e. The van der Waals surface area contributed by atoms with Crippen LogP contribution in [0.3, 0.4) is 0 Å². The van der Waals surface area contributed by atoms with Crippen molar-refractivity contribution in [1.82, 2.24) is 5.16 Å². The molecule has 0 bridgehead atoms. The van der Waals surface area contributed by atoms with E-state index < -0.39 is 0 Å². The van der Waals surface area contributed by atoms with Gasteiger partial charge in [0.2, 0.25) is 5.88 Å². The second-order valence-corrected chi connectivity index (χ2v) is 5.72. The van der Waals surface area contributed by atoms with Gasteiger partial charge in [0, 0.05) is 5.56 Å². The summed E-state index contributed by atoms with van der Waals surface area (Å²) in [6, 6.07) is 0. The van der Waals surface area contributed by atoms with Crippen LogP contribution >= 0.6 is 15.9 Å². The highest BCUT2D eigenvalue weighted by atomic mass is 79.9. The first-order valence-electron chi connectivity index (χ1n) is 6.34. The van der Waals surface area contributed by atoms with Crippen molar-refractivity contribution in [2.75, 3.05) is 5.73 Å². The van der Waals surface area contributed by atoms with Crippen molar-refractivity contribution in [1.29, 1.82) is 0 Å². The number of phenolic OH excluding ortho intramolecular Hbond substituents is 1. The molecule has 1 aliphatic carbocycles. The third-order valence-corrected chi connectivity index (χ3v) is 4.73. The van der Waals surface area contributed by atoms with Gasteiger partial charge < -0.3 is 15.4 Å². The second-order valence-electron chi connectivity index (χ2n) is 4.93. The number of aromatic nitrogens is 1. The van der Waals surface area contributed by atoms with Crippen molar-refractivity contribution in [3.8, 4) is 16.9 Å². The van der Waals surface area contributed by atoms with Crippen molar-refractivity contribution in [3.05, 3.63) is 27.4 Å². The molecule has 2 aromatic rings. The van der Waals surface area contributed by atoms with E-state index in [1.165, 1.54) is 24.0 Å². The maximum atomic E-state index is 10.5. The number of aromatic hydroxyl groups is 1. The average molecular weight is 323 g/mol. The molecule has 5 heteroatoms. The molecule has 0 fully saturated rings. The Hall–Kier alpha value is -1.49. The number of nitrogens with two attached hydrogens (primary N) is 1. The Morgan fingerprint density at radius 1 is 1.32 bits per heavy atom. The maximum Gasteiger partial charge on any atom is 0.230 e. The lowest BCUT2D eigenvalue weighted by atomic mass is 9.84. The lowest BCUT2D eigenvalue weighted by molar-refractivity contribution is 0.436. The van der Waals surface area contributed by atoms with Crippen LogP contribution in [0.5, 0.6) is 5.75 Å². The summed E-state index contributed by atoms with van der Waals surface area (Å²) >= 11 is 3.52. The molecule has 0 spiro atoms. The van der Waals surface area contributed by atoms with Crippen LogP contribution in [0.15, 0.2) is 15.2 Å². The molecule has 0 aliphatic heterocycles. The molecule has 0 saturated heterocycles. The molecule has 0 atom stereocenters. The summed E-state index contributed by atoms with van der Waals surface area (Å²) < 4.78 is 5.70. The Bertz CT molecular complexity index is 649. The topological polar surface area (TPSA) is 72.3 Å². The average Bonchev–Trinajstić information content (AvgIpc) is 2.83. The van der Waals surface area contributed by atoms with Crippen molar-refractivity contribution >= 4 is 21.8 Å². The lowest BCUT2D eigenvalue weighted by Gasteiger charge is -2.23. The number of nitrogen functional groups attached to an aromatic ring is 1. The predicted octanol–water partition coefficient (Wildman–Crippen LogP) is 3.58. The minimum atomic E-state index is 0.230. The Morgan fingerprint density at radius 3 is 2.63 bits per heavy atom. The summed E-state index contributed by atoms with van der Waals surface area (Å²) in [5.41, 5.74) is 10.8.